The standard InChI is InChI=1S/C22H37N3O3/c1-4-23-22(24-11-6-7-12-26-5-2)25-15-20-9-8-18(3)14-21(20)28-17-19-10-13-27-16-19/h8-9,14,19H,4-7,10-13,15-17H2,1-3H3,(H2,23,24,25). The van der Waals surface area contributed by atoms with Crippen LogP contribution < -0.4 is 15.4 Å². The summed E-state index contributed by atoms with van der Waals surface area (Å²) in [5.74, 6) is 2.27. The fraction of sp³-hybridized carbons (Fsp3) is 0.682. The molecule has 0 spiro atoms. The fourth-order valence-corrected chi connectivity index (χ4v) is 3.04. The van der Waals surface area contributed by atoms with Gasteiger partial charge in [0.15, 0.2) is 5.96 Å². The van der Waals surface area contributed by atoms with Gasteiger partial charge in [0.1, 0.15) is 5.75 Å². The van der Waals surface area contributed by atoms with Gasteiger partial charge in [-0.2, -0.15) is 0 Å². The molecule has 0 saturated carbocycles. The van der Waals surface area contributed by atoms with E-state index in [4.69, 9.17) is 19.2 Å². The van der Waals surface area contributed by atoms with E-state index in [-0.39, 0.29) is 0 Å². The molecule has 1 aromatic carbocycles. The number of unbranched alkanes of at least 4 members (excludes halogenated alkanes) is 1. The molecule has 1 aliphatic heterocycles. The smallest absolute Gasteiger partial charge is 0.191 e. The summed E-state index contributed by atoms with van der Waals surface area (Å²) in [6.45, 7) is 12.5. The van der Waals surface area contributed by atoms with Crippen molar-refractivity contribution in [3.8, 4) is 5.75 Å². The number of hydrogen-bond donors (Lipinski definition) is 2. The second-order valence-corrected chi connectivity index (χ2v) is 7.18. The van der Waals surface area contributed by atoms with Crippen molar-refractivity contribution >= 4 is 5.96 Å². The average molecular weight is 392 g/mol. The highest BCUT2D eigenvalue weighted by atomic mass is 16.5. The molecule has 6 nitrogen and oxygen atoms in total. The zero-order valence-electron chi connectivity index (χ0n) is 17.8. The summed E-state index contributed by atoms with van der Waals surface area (Å²) in [5, 5.41) is 6.71. The van der Waals surface area contributed by atoms with Crippen LogP contribution in [0.5, 0.6) is 5.75 Å². The Morgan fingerprint density at radius 1 is 1.25 bits per heavy atom. The normalized spacial score (nSPS) is 17.0. The number of guanidine groups is 1. The second kappa shape index (κ2) is 13.4. The summed E-state index contributed by atoms with van der Waals surface area (Å²) in [7, 11) is 0. The Morgan fingerprint density at radius 2 is 2.14 bits per heavy atom. The predicted molar refractivity (Wildman–Crippen MR) is 114 cm³/mol. The van der Waals surface area contributed by atoms with Crippen LogP contribution in [0.25, 0.3) is 0 Å². The van der Waals surface area contributed by atoms with Gasteiger partial charge in [-0.05, 0) is 51.7 Å². The van der Waals surface area contributed by atoms with E-state index in [9.17, 15) is 0 Å². The molecule has 0 amide bonds. The molecule has 6 heteroatoms. The van der Waals surface area contributed by atoms with E-state index in [0.717, 1.165) is 76.1 Å². The predicted octanol–water partition coefficient (Wildman–Crippen LogP) is 3.28. The zero-order chi connectivity index (χ0) is 20.0. The first-order chi connectivity index (χ1) is 13.7. The molecule has 2 N–H and O–H groups in total. The lowest BCUT2D eigenvalue weighted by atomic mass is 10.1. The van der Waals surface area contributed by atoms with Crippen LogP contribution >= 0.6 is 0 Å². The molecule has 0 bridgehead atoms. The molecule has 1 heterocycles. The number of aryl methyl sites for hydroxylation is 1. The Hall–Kier alpha value is -1.79. The van der Waals surface area contributed by atoms with Crippen LogP contribution in [0.15, 0.2) is 23.2 Å². The summed E-state index contributed by atoms with van der Waals surface area (Å²) in [4.78, 5) is 4.75. The van der Waals surface area contributed by atoms with Gasteiger partial charge in [-0.25, -0.2) is 4.99 Å². The van der Waals surface area contributed by atoms with Crippen LogP contribution in [0.1, 0.15) is 44.2 Å². The lowest BCUT2D eigenvalue weighted by molar-refractivity contribution is 0.143. The Labute approximate surface area is 170 Å². The van der Waals surface area contributed by atoms with E-state index in [1.807, 2.05) is 6.92 Å². The van der Waals surface area contributed by atoms with E-state index in [2.05, 4.69) is 42.7 Å². The molecule has 1 fully saturated rings. The number of hydrogen-bond acceptors (Lipinski definition) is 4. The monoisotopic (exact) mass is 391 g/mol. The van der Waals surface area contributed by atoms with Crippen molar-refractivity contribution in [3.05, 3.63) is 29.3 Å². The summed E-state index contributed by atoms with van der Waals surface area (Å²) < 4.78 is 17.0. The summed E-state index contributed by atoms with van der Waals surface area (Å²) in [5.41, 5.74) is 2.31. The van der Waals surface area contributed by atoms with Crippen molar-refractivity contribution in [2.45, 2.75) is 46.6 Å². The number of benzene rings is 1. The van der Waals surface area contributed by atoms with Crippen LogP contribution in [0, 0.1) is 12.8 Å². The second-order valence-electron chi connectivity index (χ2n) is 7.18. The highest BCUT2D eigenvalue weighted by Crippen LogP contribution is 2.23. The average Bonchev–Trinajstić information content (AvgIpc) is 3.21. The van der Waals surface area contributed by atoms with Gasteiger partial charge in [-0.1, -0.05) is 12.1 Å². The molecule has 0 aromatic heterocycles. The maximum atomic E-state index is 6.13. The molecular weight excluding hydrogens is 354 g/mol. The largest absolute Gasteiger partial charge is 0.493 e. The van der Waals surface area contributed by atoms with E-state index in [0.29, 0.717) is 19.1 Å². The first-order valence-electron chi connectivity index (χ1n) is 10.6. The van der Waals surface area contributed by atoms with Crippen LogP contribution in [0.2, 0.25) is 0 Å². The van der Waals surface area contributed by atoms with Gasteiger partial charge in [0.25, 0.3) is 0 Å². The number of rotatable bonds is 12. The van der Waals surface area contributed by atoms with Crippen molar-refractivity contribution < 1.29 is 14.2 Å². The topological polar surface area (TPSA) is 64.1 Å². The van der Waals surface area contributed by atoms with E-state index in [1.54, 1.807) is 0 Å². The van der Waals surface area contributed by atoms with E-state index < -0.39 is 0 Å². The van der Waals surface area contributed by atoms with Crippen molar-refractivity contribution in [2.24, 2.45) is 10.9 Å². The van der Waals surface area contributed by atoms with Gasteiger partial charge in [0.05, 0.1) is 19.8 Å². The molecule has 2 rings (SSSR count). The SMILES string of the molecule is CCNC(=NCc1ccc(C)cc1OCC1CCOC1)NCCCCOCC. The first kappa shape index (κ1) is 22.5. The third kappa shape index (κ3) is 8.48. The maximum absolute atomic E-state index is 6.13. The molecular formula is C22H37N3O3. The van der Waals surface area contributed by atoms with Crippen molar-refractivity contribution in [3.63, 3.8) is 0 Å². The van der Waals surface area contributed by atoms with Crippen molar-refractivity contribution in [2.75, 3.05) is 46.1 Å². The third-order valence-electron chi connectivity index (χ3n) is 4.68. The minimum Gasteiger partial charge on any atom is -0.493 e. The molecule has 158 valence electrons. The number of nitrogens with zero attached hydrogens (tertiary/aromatic N) is 1. The summed E-state index contributed by atoms with van der Waals surface area (Å²) in [6, 6.07) is 6.34. The van der Waals surface area contributed by atoms with E-state index >= 15 is 0 Å². The fourth-order valence-electron chi connectivity index (χ4n) is 3.04. The minimum absolute atomic E-state index is 0.493. The Kier molecular flexibility index (Phi) is 10.8. The molecule has 1 atom stereocenters. The third-order valence-corrected chi connectivity index (χ3v) is 4.68. The van der Waals surface area contributed by atoms with Crippen molar-refractivity contribution in [1.29, 1.82) is 0 Å². The van der Waals surface area contributed by atoms with Crippen LogP contribution in [0.3, 0.4) is 0 Å². The molecule has 0 aliphatic carbocycles. The number of nitrogens with one attached hydrogen (secondary N) is 2. The molecule has 1 unspecified atom stereocenters. The van der Waals surface area contributed by atoms with E-state index in [1.165, 1.54) is 5.56 Å². The molecule has 0 radical (unpaired) electrons. The molecule has 1 aromatic rings. The summed E-state index contributed by atoms with van der Waals surface area (Å²) >= 11 is 0. The van der Waals surface area contributed by atoms with Gasteiger partial charge in [-0.15, -0.1) is 0 Å². The molecule has 1 aliphatic rings. The molecule has 28 heavy (non-hydrogen) atoms. The van der Waals surface area contributed by atoms with Gasteiger partial charge >= 0.3 is 0 Å². The Morgan fingerprint density at radius 3 is 2.89 bits per heavy atom. The quantitative estimate of drug-likeness (QED) is 0.325. The highest BCUT2D eigenvalue weighted by Gasteiger charge is 2.17. The van der Waals surface area contributed by atoms with Crippen LogP contribution in [-0.2, 0) is 16.0 Å². The maximum Gasteiger partial charge on any atom is 0.191 e. The Bertz CT molecular complexity index is 586. The number of aliphatic imine (C=N–C) groups is 1. The Balaban J connectivity index is 1.88. The van der Waals surface area contributed by atoms with Gasteiger partial charge in [0, 0.05) is 44.4 Å². The lowest BCUT2D eigenvalue weighted by Gasteiger charge is -2.15. The van der Waals surface area contributed by atoms with Gasteiger partial charge in [0.2, 0.25) is 0 Å². The minimum atomic E-state index is 0.493. The van der Waals surface area contributed by atoms with Gasteiger partial charge in [-0.3, -0.25) is 0 Å². The van der Waals surface area contributed by atoms with Crippen LogP contribution in [0.4, 0.5) is 0 Å². The molecule has 1 saturated heterocycles. The van der Waals surface area contributed by atoms with Crippen molar-refractivity contribution in [1.82, 2.24) is 10.6 Å². The number of ether oxygens (including phenoxy) is 3. The highest BCUT2D eigenvalue weighted by molar-refractivity contribution is 5.79. The lowest BCUT2D eigenvalue weighted by Crippen LogP contribution is -2.37. The zero-order valence-corrected chi connectivity index (χ0v) is 17.8. The van der Waals surface area contributed by atoms with Gasteiger partial charge < -0.3 is 24.8 Å². The first-order valence-corrected chi connectivity index (χ1v) is 10.6. The summed E-state index contributed by atoms with van der Waals surface area (Å²) in [6.07, 6.45) is 3.20. The van der Waals surface area contributed by atoms with Crippen LogP contribution in [-0.4, -0.2) is 52.1 Å².